The van der Waals surface area contributed by atoms with Gasteiger partial charge in [0.25, 0.3) is 5.89 Å². The lowest BCUT2D eigenvalue weighted by Gasteiger charge is -2.11. The molecule has 0 spiro atoms. The van der Waals surface area contributed by atoms with Gasteiger partial charge < -0.3 is 14.0 Å². The van der Waals surface area contributed by atoms with Gasteiger partial charge in [-0.2, -0.15) is 4.98 Å². The summed E-state index contributed by atoms with van der Waals surface area (Å²) in [6.45, 7) is 2.30. The van der Waals surface area contributed by atoms with Crippen LogP contribution < -0.4 is 4.74 Å². The molecule has 4 aromatic rings. The van der Waals surface area contributed by atoms with Crippen molar-refractivity contribution in [3.63, 3.8) is 0 Å². The minimum atomic E-state index is 0.335. The van der Waals surface area contributed by atoms with Crippen LogP contribution in [0, 0.1) is 0 Å². The molecular formula is C21H19ClN4O3. The highest BCUT2D eigenvalue weighted by atomic mass is 35.5. The molecule has 0 aliphatic rings. The van der Waals surface area contributed by atoms with Crippen molar-refractivity contribution in [2.24, 2.45) is 0 Å². The zero-order valence-corrected chi connectivity index (χ0v) is 16.8. The minimum Gasteiger partial charge on any atom is -0.457 e. The van der Waals surface area contributed by atoms with E-state index in [1.54, 1.807) is 25.6 Å². The smallest absolute Gasteiger partial charge is 0.278 e. The summed E-state index contributed by atoms with van der Waals surface area (Å²) >= 11 is 5.94. The van der Waals surface area contributed by atoms with Crippen LogP contribution in [0.5, 0.6) is 11.5 Å². The topological polar surface area (TPSA) is 75.2 Å². The van der Waals surface area contributed by atoms with Gasteiger partial charge in [-0.1, -0.05) is 29.7 Å². The van der Waals surface area contributed by atoms with Gasteiger partial charge in [-0.05, 0) is 36.4 Å². The Kier molecular flexibility index (Phi) is 5.59. The van der Waals surface area contributed by atoms with Crippen LogP contribution in [0.15, 0.2) is 59.4 Å². The summed E-state index contributed by atoms with van der Waals surface area (Å²) in [5.74, 6) is 2.40. The first-order valence-electron chi connectivity index (χ1n) is 9.10. The van der Waals surface area contributed by atoms with Crippen LogP contribution in [0.2, 0.25) is 5.02 Å². The average molecular weight is 411 g/mol. The number of hydrogen-bond acceptors (Lipinski definition) is 6. The number of hydrogen-bond donors (Lipinski definition) is 0. The fraction of sp³-hybridized carbons (Fsp3) is 0.190. The zero-order chi connectivity index (χ0) is 20.2. The van der Waals surface area contributed by atoms with E-state index < -0.39 is 0 Å². The fourth-order valence-corrected chi connectivity index (χ4v) is 3.00. The largest absolute Gasteiger partial charge is 0.457 e. The Bertz CT molecular complexity index is 1110. The third-order valence-electron chi connectivity index (χ3n) is 4.28. The van der Waals surface area contributed by atoms with Gasteiger partial charge in [-0.15, -0.1) is 0 Å². The van der Waals surface area contributed by atoms with E-state index in [1.807, 2.05) is 47.9 Å². The van der Waals surface area contributed by atoms with Crippen molar-refractivity contribution >= 4 is 11.6 Å². The molecule has 148 valence electrons. The van der Waals surface area contributed by atoms with Gasteiger partial charge >= 0.3 is 0 Å². The molecule has 2 aromatic carbocycles. The van der Waals surface area contributed by atoms with Gasteiger partial charge in [0.1, 0.15) is 17.8 Å². The van der Waals surface area contributed by atoms with Crippen LogP contribution in [0.1, 0.15) is 18.4 Å². The molecule has 0 saturated heterocycles. The van der Waals surface area contributed by atoms with Crippen LogP contribution >= 0.6 is 11.6 Å². The number of benzene rings is 2. The Morgan fingerprint density at radius 2 is 1.93 bits per heavy atom. The summed E-state index contributed by atoms with van der Waals surface area (Å²) in [5.41, 5.74) is 2.28. The predicted octanol–water partition coefficient (Wildman–Crippen LogP) is 5.08. The van der Waals surface area contributed by atoms with Crippen molar-refractivity contribution in [3.05, 3.63) is 71.4 Å². The van der Waals surface area contributed by atoms with E-state index in [2.05, 4.69) is 15.1 Å². The third-order valence-corrected chi connectivity index (χ3v) is 4.53. The van der Waals surface area contributed by atoms with Crippen molar-refractivity contribution in [2.75, 3.05) is 7.11 Å². The van der Waals surface area contributed by atoms with E-state index >= 15 is 0 Å². The molecule has 2 heterocycles. The summed E-state index contributed by atoms with van der Waals surface area (Å²) in [6, 6.07) is 14.9. The molecule has 0 unspecified atom stereocenters. The first-order chi connectivity index (χ1) is 14.2. The number of imidazole rings is 1. The second-order valence-electron chi connectivity index (χ2n) is 6.27. The summed E-state index contributed by atoms with van der Waals surface area (Å²) in [7, 11) is 1.63. The van der Waals surface area contributed by atoms with E-state index in [-0.39, 0.29) is 0 Å². The summed E-state index contributed by atoms with van der Waals surface area (Å²) in [6.07, 6.45) is 2.40. The second-order valence-corrected chi connectivity index (χ2v) is 6.70. The molecule has 8 heteroatoms. The molecular weight excluding hydrogens is 392 g/mol. The molecule has 0 bridgehead atoms. The van der Waals surface area contributed by atoms with E-state index in [1.165, 1.54) is 0 Å². The zero-order valence-electron chi connectivity index (χ0n) is 16.0. The number of aromatic nitrogens is 4. The normalized spacial score (nSPS) is 11.0. The van der Waals surface area contributed by atoms with Crippen LogP contribution in [-0.2, 0) is 17.8 Å². The molecule has 0 aliphatic carbocycles. The highest BCUT2D eigenvalue weighted by molar-refractivity contribution is 6.30. The van der Waals surface area contributed by atoms with Crippen LogP contribution in [-0.4, -0.2) is 26.8 Å². The Balaban J connectivity index is 1.68. The highest BCUT2D eigenvalue weighted by Gasteiger charge is 2.19. The molecule has 4 rings (SSSR count). The monoisotopic (exact) mass is 410 g/mol. The lowest BCUT2D eigenvalue weighted by atomic mass is 10.2. The lowest BCUT2D eigenvalue weighted by molar-refractivity contribution is 0.180. The molecule has 0 amide bonds. The number of nitrogens with zero attached hydrogens (tertiary/aromatic N) is 4. The van der Waals surface area contributed by atoms with Crippen molar-refractivity contribution in [2.45, 2.75) is 20.0 Å². The fourth-order valence-electron chi connectivity index (χ4n) is 2.88. The number of halogens is 1. The molecule has 0 N–H and O–H groups in total. The van der Waals surface area contributed by atoms with Crippen molar-refractivity contribution in [3.8, 4) is 28.8 Å². The van der Waals surface area contributed by atoms with Crippen molar-refractivity contribution < 1.29 is 14.0 Å². The van der Waals surface area contributed by atoms with Gasteiger partial charge in [0.05, 0.1) is 18.0 Å². The Hall–Kier alpha value is -3.16. The number of rotatable bonds is 7. The molecule has 7 nitrogen and oxygen atoms in total. The molecule has 0 aliphatic heterocycles. The lowest BCUT2D eigenvalue weighted by Crippen LogP contribution is -2.02. The first-order valence-corrected chi connectivity index (χ1v) is 9.47. The molecule has 29 heavy (non-hydrogen) atoms. The van der Waals surface area contributed by atoms with Gasteiger partial charge in [-0.25, -0.2) is 4.98 Å². The van der Waals surface area contributed by atoms with Crippen molar-refractivity contribution in [1.82, 2.24) is 19.7 Å². The van der Waals surface area contributed by atoms with Gasteiger partial charge in [0.2, 0.25) is 0 Å². The van der Waals surface area contributed by atoms with Gasteiger partial charge in [0.15, 0.2) is 11.5 Å². The van der Waals surface area contributed by atoms with Gasteiger partial charge in [0, 0.05) is 24.6 Å². The van der Waals surface area contributed by atoms with E-state index in [9.17, 15) is 0 Å². The maximum atomic E-state index is 5.94. The maximum Gasteiger partial charge on any atom is 0.278 e. The van der Waals surface area contributed by atoms with Crippen LogP contribution in [0.25, 0.3) is 17.3 Å². The molecule has 0 atom stereocenters. The Morgan fingerprint density at radius 1 is 1.10 bits per heavy atom. The van der Waals surface area contributed by atoms with Crippen LogP contribution in [0.3, 0.4) is 0 Å². The predicted molar refractivity (Wildman–Crippen MR) is 108 cm³/mol. The number of ether oxygens (including phenoxy) is 2. The average Bonchev–Trinajstić information content (AvgIpc) is 3.37. The Morgan fingerprint density at radius 3 is 2.66 bits per heavy atom. The minimum absolute atomic E-state index is 0.335. The first kappa shape index (κ1) is 19.2. The molecule has 2 aromatic heterocycles. The molecule has 0 radical (unpaired) electrons. The highest BCUT2D eigenvalue weighted by Crippen LogP contribution is 2.28. The summed E-state index contributed by atoms with van der Waals surface area (Å²) in [5, 5.41) is 4.62. The third kappa shape index (κ3) is 4.16. The summed E-state index contributed by atoms with van der Waals surface area (Å²) < 4.78 is 18.6. The quantitative estimate of drug-likeness (QED) is 0.423. The molecule has 0 fully saturated rings. The number of aryl methyl sites for hydroxylation is 1. The van der Waals surface area contributed by atoms with Crippen LogP contribution in [0.4, 0.5) is 0 Å². The van der Waals surface area contributed by atoms with Gasteiger partial charge in [-0.3, -0.25) is 4.57 Å². The molecule has 0 saturated carbocycles. The summed E-state index contributed by atoms with van der Waals surface area (Å²) in [4.78, 5) is 8.87. The van der Waals surface area contributed by atoms with Crippen molar-refractivity contribution in [1.29, 1.82) is 0 Å². The van der Waals surface area contributed by atoms with E-state index in [0.717, 1.165) is 11.4 Å². The van der Waals surface area contributed by atoms with E-state index in [4.69, 9.17) is 25.6 Å². The second kappa shape index (κ2) is 8.46. The van der Waals surface area contributed by atoms with E-state index in [0.29, 0.717) is 47.0 Å². The maximum absolute atomic E-state index is 5.94. The Labute approximate surface area is 172 Å². The SMILES string of the molecule is CCc1noc(-c2ncn(-c3cccc(Oc4ccc(Cl)cc4)c3)c2COC)n1. The number of methoxy groups -OCH3 is 1. The standard InChI is InChI=1S/C21H19ClN4O3/c1-3-19-24-21(29-25-19)20-18(12-27-2)26(13-23-20)15-5-4-6-17(11-15)28-16-9-7-14(22)8-10-16/h4-11,13H,3,12H2,1-2H3.